The molecule has 2 N–H and O–H groups in total. The van der Waals surface area contributed by atoms with Crippen LogP contribution in [-0.2, 0) is 38.4 Å². The highest BCUT2D eigenvalue weighted by Crippen LogP contribution is 2.40. The molecule has 1 heterocycles. The van der Waals surface area contributed by atoms with Gasteiger partial charge in [0.1, 0.15) is 0 Å². The molecule has 1 radical (unpaired) electrons. The number of hydrogen-bond acceptors (Lipinski definition) is 9. The van der Waals surface area contributed by atoms with E-state index in [1.807, 2.05) is 58.0 Å². The van der Waals surface area contributed by atoms with E-state index in [1.54, 1.807) is 7.11 Å². The molecule has 2 rings (SSSR count). The summed E-state index contributed by atoms with van der Waals surface area (Å²) in [6, 6.07) is 7.59. The molecule has 269 valence electrons. The van der Waals surface area contributed by atoms with E-state index in [0.717, 1.165) is 42.5 Å². The zero-order chi connectivity index (χ0) is 34.2. The minimum atomic E-state index is -0.593. The molecule has 2 amide bonds. The summed E-state index contributed by atoms with van der Waals surface area (Å²) in [4.78, 5) is 12.4. The average molecular weight is 667 g/mol. The molecule has 47 heavy (non-hydrogen) atoms. The normalized spacial score (nSPS) is 15.8. The minimum Gasteiger partial charge on any atom is -0.382 e. The fourth-order valence-corrected chi connectivity index (χ4v) is 5.24. The molecule has 0 fully saturated rings. The lowest BCUT2D eigenvalue weighted by molar-refractivity contribution is -0.260. The van der Waals surface area contributed by atoms with E-state index < -0.39 is 11.1 Å². The summed E-state index contributed by atoms with van der Waals surface area (Å²) < 4.78 is 37.7. The van der Waals surface area contributed by atoms with E-state index in [4.69, 9.17) is 33.2 Å². The Kier molecular flexibility index (Phi) is 21.0. The SMILES string of the molecule is COCCOCCOCCOCCOCCOCCOCCCCCCNC(=O)Nc1cccc(C2=CC(C)(C)N([O])C(C)(C)C2)c1. The van der Waals surface area contributed by atoms with Crippen LogP contribution in [0.2, 0.25) is 0 Å². The van der Waals surface area contributed by atoms with Crippen molar-refractivity contribution >= 4 is 17.3 Å². The Morgan fingerprint density at radius 2 is 1.23 bits per heavy atom. The van der Waals surface area contributed by atoms with E-state index in [-0.39, 0.29) is 6.03 Å². The van der Waals surface area contributed by atoms with Crippen LogP contribution in [0.25, 0.3) is 5.57 Å². The summed E-state index contributed by atoms with van der Waals surface area (Å²) in [7, 11) is 1.65. The van der Waals surface area contributed by atoms with Gasteiger partial charge in [-0.25, -0.2) is 4.79 Å². The van der Waals surface area contributed by atoms with Gasteiger partial charge in [0.2, 0.25) is 0 Å². The maximum Gasteiger partial charge on any atom is 0.319 e. The van der Waals surface area contributed by atoms with Gasteiger partial charge in [0, 0.05) is 31.5 Å². The number of methoxy groups -OCH3 is 1. The molecule has 0 aliphatic carbocycles. The van der Waals surface area contributed by atoms with Crippen molar-refractivity contribution in [1.29, 1.82) is 0 Å². The van der Waals surface area contributed by atoms with E-state index in [9.17, 15) is 10.0 Å². The van der Waals surface area contributed by atoms with Gasteiger partial charge in [-0.1, -0.05) is 31.1 Å². The Morgan fingerprint density at radius 3 is 1.77 bits per heavy atom. The quantitative estimate of drug-likeness (QED) is 0.123. The van der Waals surface area contributed by atoms with E-state index in [0.29, 0.717) is 98.9 Å². The number of amides is 2. The Bertz CT molecular complexity index is 1010. The number of rotatable bonds is 27. The van der Waals surface area contributed by atoms with Gasteiger partial charge in [-0.3, -0.25) is 0 Å². The number of anilines is 1. The Labute approximate surface area is 282 Å². The highest BCUT2D eigenvalue weighted by atomic mass is 16.6. The molecule has 1 aromatic rings. The van der Waals surface area contributed by atoms with Crippen LogP contribution in [0.3, 0.4) is 0 Å². The van der Waals surface area contributed by atoms with Gasteiger partial charge in [-0.05, 0) is 70.2 Å². The molecule has 0 saturated heterocycles. The van der Waals surface area contributed by atoms with Crippen molar-refractivity contribution in [2.45, 2.75) is 70.9 Å². The first-order valence-electron chi connectivity index (χ1n) is 17.0. The number of nitrogens with one attached hydrogen (secondary N) is 2. The highest BCUT2D eigenvalue weighted by molar-refractivity contribution is 5.90. The van der Waals surface area contributed by atoms with Gasteiger partial charge < -0.3 is 43.8 Å². The van der Waals surface area contributed by atoms with Crippen LogP contribution in [0.4, 0.5) is 10.5 Å². The smallest absolute Gasteiger partial charge is 0.319 e. The third-order valence-electron chi connectivity index (χ3n) is 7.51. The Balaban J connectivity index is 1.37. The molecular weight excluding hydrogens is 606 g/mol. The molecule has 1 aromatic carbocycles. The zero-order valence-electron chi connectivity index (χ0n) is 29.4. The minimum absolute atomic E-state index is 0.217. The standard InChI is InChI=1S/C35H60N3O9/c1-34(2)28-31(29-35(3,4)38(34)40)30-11-10-12-32(27-30)37-33(39)36-13-8-6-7-9-14-42-17-18-44-21-22-46-25-26-47-24-23-45-20-19-43-16-15-41-5/h10-12,27-28H,6-9,13-26,29H2,1-5H3,(H2,36,37,39). The molecule has 1 aliphatic heterocycles. The number of carbonyl (C=O) groups excluding carboxylic acids is 1. The maximum atomic E-state index is 12.7. The largest absolute Gasteiger partial charge is 0.382 e. The molecule has 0 bridgehead atoms. The van der Waals surface area contributed by atoms with Crippen molar-refractivity contribution in [3.8, 4) is 0 Å². The molecule has 0 saturated carbocycles. The monoisotopic (exact) mass is 666 g/mol. The summed E-state index contributed by atoms with van der Waals surface area (Å²) in [6.45, 7) is 15.7. The highest BCUT2D eigenvalue weighted by Gasteiger charge is 2.42. The second kappa shape index (κ2) is 24.1. The summed E-state index contributed by atoms with van der Waals surface area (Å²) in [5.74, 6) is 0. The van der Waals surface area contributed by atoms with Crippen LogP contribution in [0.15, 0.2) is 30.3 Å². The van der Waals surface area contributed by atoms with Gasteiger partial charge >= 0.3 is 6.03 Å². The number of hydrogen-bond donors (Lipinski definition) is 2. The second-order valence-electron chi connectivity index (χ2n) is 12.6. The molecule has 0 atom stereocenters. The van der Waals surface area contributed by atoms with Crippen molar-refractivity contribution < 1.29 is 43.2 Å². The predicted octanol–water partition coefficient (Wildman–Crippen LogP) is 5.11. The van der Waals surface area contributed by atoms with Crippen LogP contribution >= 0.6 is 0 Å². The Morgan fingerprint density at radius 1 is 0.723 bits per heavy atom. The van der Waals surface area contributed by atoms with Crippen molar-refractivity contribution in [3.63, 3.8) is 0 Å². The zero-order valence-corrected chi connectivity index (χ0v) is 29.4. The number of nitrogens with zero attached hydrogens (tertiary/aromatic N) is 1. The molecular formula is C35H60N3O9. The van der Waals surface area contributed by atoms with Crippen molar-refractivity contribution in [2.24, 2.45) is 0 Å². The lowest BCUT2D eigenvalue weighted by Crippen LogP contribution is -2.54. The van der Waals surface area contributed by atoms with Crippen molar-refractivity contribution in [1.82, 2.24) is 10.4 Å². The van der Waals surface area contributed by atoms with Gasteiger partial charge in [0.25, 0.3) is 0 Å². The fraction of sp³-hybridized carbons (Fsp3) is 0.743. The van der Waals surface area contributed by atoms with Gasteiger partial charge in [-0.15, -0.1) is 10.3 Å². The number of urea groups is 1. The number of unbranched alkanes of at least 4 members (excludes halogenated alkanes) is 3. The van der Waals surface area contributed by atoms with Crippen LogP contribution in [0, 0.1) is 0 Å². The van der Waals surface area contributed by atoms with E-state index >= 15 is 0 Å². The van der Waals surface area contributed by atoms with Gasteiger partial charge in [0.15, 0.2) is 0 Å². The summed E-state index contributed by atoms with van der Waals surface area (Å²) in [5.41, 5.74) is 1.77. The average Bonchev–Trinajstić information content (AvgIpc) is 3.03. The second-order valence-corrected chi connectivity index (χ2v) is 12.6. The number of hydroxylamine groups is 2. The van der Waals surface area contributed by atoms with E-state index in [1.165, 1.54) is 5.06 Å². The van der Waals surface area contributed by atoms with E-state index in [2.05, 4.69) is 10.6 Å². The predicted molar refractivity (Wildman–Crippen MR) is 182 cm³/mol. The third kappa shape index (κ3) is 18.3. The molecule has 1 aliphatic rings. The lowest BCUT2D eigenvalue weighted by atomic mass is 9.80. The van der Waals surface area contributed by atoms with Gasteiger partial charge in [0.05, 0.1) is 84.8 Å². The first-order valence-corrected chi connectivity index (χ1v) is 17.0. The van der Waals surface area contributed by atoms with Gasteiger partial charge in [-0.2, -0.15) is 0 Å². The van der Waals surface area contributed by atoms with Crippen LogP contribution in [-0.4, -0.2) is 122 Å². The first-order chi connectivity index (χ1) is 22.7. The first kappa shape index (κ1) is 41.0. The Hall–Kier alpha value is -2.13. The lowest BCUT2D eigenvalue weighted by Gasteiger charge is -2.45. The van der Waals surface area contributed by atoms with Crippen LogP contribution < -0.4 is 10.6 Å². The van der Waals surface area contributed by atoms with Crippen LogP contribution in [0.1, 0.15) is 65.4 Å². The van der Waals surface area contributed by atoms with Crippen molar-refractivity contribution in [2.75, 3.05) is 105 Å². The summed E-state index contributed by atoms with van der Waals surface area (Å²) >= 11 is 0. The number of carbonyl (C=O) groups is 1. The number of ether oxygens (including phenoxy) is 7. The topological polar surface area (TPSA) is 129 Å². The molecule has 12 nitrogen and oxygen atoms in total. The summed E-state index contributed by atoms with van der Waals surface area (Å²) in [6.07, 6.45) is 6.62. The van der Waals surface area contributed by atoms with Crippen LogP contribution in [0.5, 0.6) is 0 Å². The molecule has 0 spiro atoms. The third-order valence-corrected chi connectivity index (χ3v) is 7.51. The number of benzene rings is 1. The van der Waals surface area contributed by atoms with Crippen molar-refractivity contribution in [3.05, 3.63) is 35.9 Å². The molecule has 0 aromatic heterocycles. The maximum absolute atomic E-state index is 12.7. The fourth-order valence-electron chi connectivity index (χ4n) is 5.24. The molecule has 12 heteroatoms. The summed E-state index contributed by atoms with van der Waals surface area (Å²) in [5, 5.41) is 19.7. The molecule has 0 unspecified atom stereocenters.